The van der Waals surface area contributed by atoms with Crippen LogP contribution in [0.1, 0.15) is 17.3 Å². The number of ether oxygens (including phenoxy) is 1. The topological polar surface area (TPSA) is 55.4 Å². The standard InChI is InChI=1S/C15H11BrFNO3/c1-9(19)18-11-3-5-12(6-4-11)21-15(20)13-8-10(17)2-7-14(13)16/h2-8H,1H3,(H,18,19). The number of carbonyl (C=O) groups is 2. The molecule has 0 saturated heterocycles. The number of hydrogen-bond acceptors (Lipinski definition) is 3. The first-order valence-electron chi connectivity index (χ1n) is 6.00. The predicted molar refractivity (Wildman–Crippen MR) is 79.8 cm³/mol. The molecule has 2 aromatic carbocycles. The van der Waals surface area contributed by atoms with Crippen LogP contribution in [-0.4, -0.2) is 11.9 Å². The van der Waals surface area contributed by atoms with Gasteiger partial charge >= 0.3 is 5.97 Å². The Kier molecular flexibility index (Phi) is 4.70. The summed E-state index contributed by atoms with van der Waals surface area (Å²) in [6.07, 6.45) is 0. The number of carbonyl (C=O) groups excluding carboxylic acids is 2. The Hall–Kier alpha value is -2.21. The highest BCUT2D eigenvalue weighted by molar-refractivity contribution is 9.10. The Morgan fingerprint density at radius 3 is 2.43 bits per heavy atom. The molecule has 0 unspecified atom stereocenters. The van der Waals surface area contributed by atoms with Crippen LogP contribution in [0.4, 0.5) is 10.1 Å². The van der Waals surface area contributed by atoms with Gasteiger partial charge in [-0.25, -0.2) is 9.18 Å². The molecule has 0 saturated carbocycles. The first kappa shape index (κ1) is 15.2. The summed E-state index contributed by atoms with van der Waals surface area (Å²) >= 11 is 3.17. The van der Waals surface area contributed by atoms with Crippen molar-refractivity contribution in [1.29, 1.82) is 0 Å². The summed E-state index contributed by atoms with van der Waals surface area (Å²) in [5.41, 5.74) is 0.690. The molecular formula is C15H11BrFNO3. The van der Waals surface area contributed by atoms with Gasteiger partial charge in [-0.15, -0.1) is 0 Å². The summed E-state index contributed by atoms with van der Waals surface area (Å²) in [4.78, 5) is 22.9. The minimum Gasteiger partial charge on any atom is -0.423 e. The monoisotopic (exact) mass is 351 g/mol. The highest BCUT2D eigenvalue weighted by atomic mass is 79.9. The molecule has 2 aromatic rings. The van der Waals surface area contributed by atoms with Crippen molar-refractivity contribution in [3.63, 3.8) is 0 Å². The van der Waals surface area contributed by atoms with Crippen molar-refractivity contribution in [2.24, 2.45) is 0 Å². The molecule has 0 fully saturated rings. The average molecular weight is 352 g/mol. The van der Waals surface area contributed by atoms with E-state index in [0.717, 1.165) is 6.07 Å². The number of benzene rings is 2. The molecular weight excluding hydrogens is 341 g/mol. The molecule has 2 rings (SSSR count). The largest absolute Gasteiger partial charge is 0.423 e. The van der Waals surface area contributed by atoms with E-state index in [-0.39, 0.29) is 11.5 Å². The lowest BCUT2D eigenvalue weighted by atomic mass is 10.2. The van der Waals surface area contributed by atoms with E-state index in [2.05, 4.69) is 21.2 Å². The molecule has 0 heterocycles. The van der Waals surface area contributed by atoms with E-state index >= 15 is 0 Å². The van der Waals surface area contributed by atoms with E-state index in [4.69, 9.17) is 4.74 Å². The van der Waals surface area contributed by atoms with Gasteiger partial charge in [0, 0.05) is 17.1 Å². The zero-order valence-electron chi connectivity index (χ0n) is 11.0. The molecule has 0 aliphatic rings. The third kappa shape index (κ3) is 4.13. The smallest absolute Gasteiger partial charge is 0.344 e. The second-order valence-corrected chi connectivity index (χ2v) is 5.07. The van der Waals surface area contributed by atoms with Gasteiger partial charge in [0.25, 0.3) is 0 Å². The number of esters is 1. The maximum Gasteiger partial charge on any atom is 0.344 e. The first-order valence-corrected chi connectivity index (χ1v) is 6.80. The van der Waals surface area contributed by atoms with E-state index in [1.54, 1.807) is 12.1 Å². The molecule has 0 atom stereocenters. The first-order chi connectivity index (χ1) is 9.95. The van der Waals surface area contributed by atoms with Crippen LogP contribution in [0.15, 0.2) is 46.9 Å². The lowest BCUT2D eigenvalue weighted by Gasteiger charge is -2.07. The summed E-state index contributed by atoms with van der Waals surface area (Å²) in [6.45, 7) is 1.40. The lowest BCUT2D eigenvalue weighted by Crippen LogP contribution is -2.10. The fraction of sp³-hybridized carbons (Fsp3) is 0.0667. The lowest BCUT2D eigenvalue weighted by molar-refractivity contribution is -0.114. The van der Waals surface area contributed by atoms with Crippen molar-refractivity contribution in [1.82, 2.24) is 0 Å². The zero-order chi connectivity index (χ0) is 15.4. The second-order valence-electron chi connectivity index (χ2n) is 4.22. The van der Waals surface area contributed by atoms with Crippen LogP contribution >= 0.6 is 15.9 Å². The van der Waals surface area contributed by atoms with E-state index < -0.39 is 11.8 Å². The molecule has 108 valence electrons. The third-order valence-corrected chi connectivity index (χ3v) is 3.23. The maximum absolute atomic E-state index is 13.2. The summed E-state index contributed by atoms with van der Waals surface area (Å²) in [5.74, 6) is -1.09. The van der Waals surface area contributed by atoms with Crippen molar-refractivity contribution in [2.45, 2.75) is 6.92 Å². The van der Waals surface area contributed by atoms with Gasteiger partial charge in [-0.1, -0.05) is 0 Å². The Bertz CT molecular complexity index is 686. The van der Waals surface area contributed by atoms with Gasteiger partial charge in [0.15, 0.2) is 0 Å². The van der Waals surface area contributed by atoms with Gasteiger partial charge in [-0.2, -0.15) is 0 Å². The van der Waals surface area contributed by atoms with Gasteiger partial charge in [0.2, 0.25) is 5.91 Å². The van der Waals surface area contributed by atoms with Crippen molar-refractivity contribution in [2.75, 3.05) is 5.32 Å². The van der Waals surface area contributed by atoms with Crippen molar-refractivity contribution >= 4 is 33.5 Å². The summed E-state index contributed by atoms with van der Waals surface area (Å²) in [7, 11) is 0. The average Bonchev–Trinajstić information content (AvgIpc) is 2.43. The van der Waals surface area contributed by atoms with Crippen molar-refractivity contribution in [3.05, 3.63) is 58.3 Å². The molecule has 21 heavy (non-hydrogen) atoms. The number of anilines is 1. The summed E-state index contributed by atoms with van der Waals surface area (Å²) in [6, 6.07) is 10.1. The summed E-state index contributed by atoms with van der Waals surface area (Å²) in [5, 5.41) is 2.60. The quantitative estimate of drug-likeness (QED) is 0.676. The number of amides is 1. The minimum absolute atomic E-state index is 0.0981. The molecule has 4 nitrogen and oxygen atoms in total. The highest BCUT2D eigenvalue weighted by Gasteiger charge is 2.13. The van der Waals surface area contributed by atoms with Gasteiger partial charge in [-0.05, 0) is 58.4 Å². The predicted octanol–water partition coefficient (Wildman–Crippen LogP) is 3.77. The van der Waals surface area contributed by atoms with Crippen LogP contribution in [-0.2, 0) is 4.79 Å². The highest BCUT2D eigenvalue weighted by Crippen LogP contribution is 2.21. The van der Waals surface area contributed by atoms with Crippen LogP contribution in [0, 0.1) is 5.82 Å². The van der Waals surface area contributed by atoms with Crippen LogP contribution < -0.4 is 10.1 Å². The zero-order valence-corrected chi connectivity index (χ0v) is 12.6. The fourth-order valence-corrected chi connectivity index (χ4v) is 2.03. The number of hydrogen-bond donors (Lipinski definition) is 1. The molecule has 1 N–H and O–H groups in total. The van der Waals surface area contributed by atoms with Crippen LogP contribution in [0.3, 0.4) is 0 Å². The van der Waals surface area contributed by atoms with Gasteiger partial charge in [0.05, 0.1) is 5.56 Å². The van der Waals surface area contributed by atoms with E-state index in [1.165, 1.54) is 31.2 Å². The van der Waals surface area contributed by atoms with Gasteiger partial charge < -0.3 is 10.1 Å². The normalized spacial score (nSPS) is 10.0. The maximum atomic E-state index is 13.2. The van der Waals surface area contributed by atoms with Crippen LogP contribution in [0.2, 0.25) is 0 Å². The van der Waals surface area contributed by atoms with Crippen LogP contribution in [0.5, 0.6) is 5.75 Å². The molecule has 6 heteroatoms. The molecule has 1 amide bonds. The molecule has 0 radical (unpaired) electrons. The van der Waals surface area contributed by atoms with Crippen molar-refractivity contribution in [3.8, 4) is 5.75 Å². The second kappa shape index (κ2) is 6.49. The van der Waals surface area contributed by atoms with E-state index in [0.29, 0.717) is 15.9 Å². The van der Waals surface area contributed by atoms with Gasteiger partial charge in [-0.3, -0.25) is 4.79 Å². The number of rotatable bonds is 3. The number of halogens is 2. The Balaban J connectivity index is 2.12. The van der Waals surface area contributed by atoms with Crippen LogP contribution in [0.25, 0.3) is 0 Å². The fourth-order valence-electron chi connectivity index (χ4n) is 1.63. The van der Waals surface area contributed by atoms with Gasteiger partial charge in [0.1, 0.15) is 11.6 Å². The Morgan fingerprint density at radius 1 is 1.14 bits per heavy atom. The number of nitrogens with one attached hydrogen (secondary N) is 1. The summed E-state index contributed by atoms with van der Waals surface area (Å²) < 4.78 is 18.7. The molecule has 0 aromatic heterocycles. The molecule has 0 aliphatic heterocycles. The molecule has 0 spiro atoms. The van der Waals surface area contributed by atoms with E-state index in [1.807, 2.05) is 0 Å². The SMILES string of the molecule is CC(=O)Nc1ccc(OC(=O)c2cc(F)ccc2Br)cc1. The molecule has 0 bridgehead atoms. The van der Waals surface area contributed by atoms with Crippen molar-refractivity contribution < 1.29 is 18.7 Å². The Labute approximate surface area is 129 Å². The van der Waals surface area contributed by atoms with E-state index in [9.17, 15) is 14.0 Å². The molecule has 0 aliphatic carbocycles. The Morgan fingerprint density at radius 2 is 1.81 bits per heavy atom. The third-order valence-electron chi connectivity index (χ3n) is 2.53. The minimum atomic E-state index is -0.673.